The average Bonchev–Trinajstić information content (AvgIpc) is 3.16. The standard InChI is InChI=1S/C23H27F3N6O/c1-14-10-17(11-15(2)27-14)28-22(33)32-18-7-9-30(13-18)19-5-6-20(29-21(19)32)31-8-3-4-16(12-31)23(24,25)26/h5-6,10-11,16,18H,3-4,7-9,12-13H2,1-2H3,(H,27,28,33)/t16?,18-/m0/s1. The molecular formula is C23H27F3N6O. The van der Waals surface area contributed by atoms with Crippen LogP contribution < -0.4 is 20.0 Å². The number of hydrogen-bond donors (Lipinski definition) is 1. The van der Waals surface area contributed by atoms with E-state index in [1.165, 1.54) is 0 Å². The van der Waals surface area contributed by atoms with Gasteiger partial charge in [0.15, 0.2) is 5.82 Å². The number of carbonyl (C=O) groups is 1. The lowest BCUT2D eigenvalue weighted by atomic mass is 9.97. The topological polar surface area (TPSA) is 64.6 Å². The summed E-state index contributed by atoms with van der Waals surface area (Å²) in [7, 11) is 0. The molecule has 3 aliphatic heterocycles. The largest absolute Gasteiger partial charge is 0.393 e. The Morgan fingerprint density at radius 3 is 2.52 bits per heavy atom. The number of hydrogen-bond acceptors (Lipinski definition) is 5. The maximum atomic E-state index is 13.4. The molecular weight excluding hydrogens is 433 g/mol. The van der Waals surface area contributed by atoms with Gasteiger partial charge in [-0.2, -0.15) is 13.2 Å². The van der Waals surface area contributed by atoms with E-state index in [2.05, 4.69) is 15.2 Å². The van der Waals surface area contributed by atoms with Crippen molar-refractivity contribution in [3.8, 4) is 0 Å². The van der Waals surface area contributed by atoms with Crippen LogP contribution in [0.2, 0.25) is 0 Å². The van der Waals surface area contributed by atoms with Crippen LogP contribution >= 0.6 is 0 Å². The van der Waals surface area contributed by atoms with Crippen molar-refractivity contribution < 1.29 is 18.0 Å². The molecule has 2 aromatic heterocycles. The Kier molecular flexibility index (Phi) is 5.33. The van der Waals surface area contributed by atoms with Gasteiger partial charge in [-0.1, -0.05) is 0 Å². The van der Waals surface area contributed by atoms with Crippen LogP contribution in [0.25, 0.3) is 0 Å². The van der Waals surface area contributed by atoms with Crippen LogP contribution in [-0.4, -0.2) is 54.4 Å². The predicted molar refractivity (Wildman–Crippen MR) is 121 cm³/mol. The minimum Gasteiger partial charge on any atom is -0.366 e. The van der Waals surface area contributed by atoms with Gasteiger partial charge in [-0.25, -0.2) is 9.78 Å². The number of aromatic nitrogens is 2. The number of anilines is 4. The molecule has 2 atom stereocenters. The number of fused-ring (bicyclic) bond motifs is 4. The number of aryl methyl sites for hydroxylation is 2. The normalized spacial score (nSPS) is 22.4. The zero-order chi connectivity index (χ0) is 23.3. The van der Waals surface area contributed by atoms with Crippen molar-refractivity contribution in [2.45, 2.75) is 45.3 Å². The molecule has 2 aromatic rings. The molecule has 0 spiro atoms. The molecule has 2 bridgehead atoms. The lowest BCUT2D eigenvalue weighted by Crippen LogP contribution is -2.48. The Bertz CT molecular complexity index is 1050. The van der Waals surface area contributed by atoms with E-state index in [4.69, 9.17) is 4.98 Å². The summed E-state index contributed by atoms with van der Waals surface area (Å²) in [5.41, 5.74) is 3.11. The minimum absolute atomic E-state index is 0.0337. The first kappa shape index (κ1) is 21.8. The van der Waals surface area contributed by atoms with E-state index < -0.39 is 12.1 Å². The molecule has 0 radical (unpaired) electrons. The summed E-state index contributed by atoms with van der Waals surface area (Å²) in [6.07, 6.45) is -2.81. The summed E-state index contributed by atoms with van der Waals surface area (Å²) in [5.74, 6) is -0.365. The number of rotatable bonds is 2. The van der Waals surface area contributed by atoms with Crippen LogP contribution in [0.15, 0.2) is 24.3 Å². The Balaban J connectivity index is 1.45. The monoisotopic (exact) mass is 460 g/mol. The molecule has 2 fully saturated rings. The molecule has 5 heterocycles. The van der Waals surface area contributed by atoms with Gasteiger partial charge in [0.05, 0.1) is 17.6 Å². The average molecular weight is 461 g/mol. The van der Waals surface area contributed by atoms with Crippen molar-refractivity contribution in [3.05, 3.63) is 35.7 Å². The fourth-order valence-electron chi connectivity index (χ4n) is 5.18. The van der Waals surface area contributed by atoms with Crippen molar-refractivity contribution in [1.29, 1.82) is 0 Å². The molecule has 1 unspecified atom stereocenters. The smallest absolute Gasteiger partial charge is 0.366 e. The second-order valence-corrected chi connectivity index (χ2v) is 9.17. The summed E-state index contributed by atoms with van der Waals surface area (Å²) in [6, 6.07) is 6.97. The molecule has 0 aromatic carbocycles. The molecule has 0 aliphatic carbocycles. The Labute approximate surface area is 190 Å². The summed E-state index contributed by atoms with van der Waals surface area (Å²) in [5, 5.41) is 2.97. The number of nitrogens with one attached hydrogen (secondary N) is 1. The summed E-state index contributed by atoms with van der Waals surface area (Å²) >= 11 is 0. The van der Waals surface area contributed by atoms with Crippen LogP contribution in [-0.2, 0) is 0 Å². The highest BCUT2D eigenvalue weighted by atomic mass is 19.4. The fourth-order valence-corrected chi connectivity index (χ4v) is 5.18. The lowest BCUT2D eigenvalue weighted by Gasteiger charge is -2.38. The number of carbonyl (C=O) groups excluding carboxylic acids is 1. The van der Waals surface area contributed by atoms with Gasteiger partial charge in [-0.15, -0.1) is 0 Å². The van der Waals surface area contributed by atoms with Crippen molar-refractivity contribution in [2.24, 2.45) is 5.92 Å². The Morgan fingerprint density at radius 1 is 1.03 bits per heavy atom. The maximum absolute atomic E-state index is 13.4. The van der Waals surface area contributed by atoms with Gasteiger partial charge in [0.1, 0.15) is 5.82 Å². The van der Waals surface area contributed by atoms with Crippen molar-refractivity contribution >= 4 is 29.0 Å². The lowest BCUT2D eigenvalue weighted by molar-refractivity contribution is -0.176. The predicted octanol–water partition coefficient (Wildman–Crippen LogP) is 4.50. The van der Waals surface area contributed by atoms with Gasteiger partial charge in [0.2, 0.25) is 0 Å². The summed E-state index contributed by atoms with van der Waals surface area (Å²) < 4.78 is 40.0. The number of piperidine rings is 1. The number of nitrogens with zero attached hydrogens (tertiary/aromatic N) is 5. The van der Waals surface area contributed by atoms with E-state index in [1.54, 1.807) is 15.9 Å². The zero-order valence-electron chi connectivity index (χ0n) is 18.7. The van der Waals surface area contributed by atoms with Gasteiger partial charge in [-0.3, -0.25) is 9.88 Å². The van der Waals surface area contributed by atoms with Gasteiger partial charge in [0.25, 0.3) is 0 Å². The number of halogens is 3. The highest BCUT2D eigenvalue weighted by Crippen LogP contribution is 2.41. The van der Waals surface area contributed by atoms with Crippen molar-refractivity contribution in [2.75, 3.05) is 46.2 Å². The fraction of sp³-hybridized carbons (Fsp3) is 0.522. The van der Waals surface area contributed by atoms with Gasteiger partial charge < -0.3 is 15.1 Å². The molecule has 7 nitrogen and oxygen atoms in total. The van der Waals surface area contributed by atoms with Crippen LogP contribution in [0.5, 0.6) is 0 Å². The Morgan fingerprint density at radius 2 is 1.79 bits per heavy atom. The van der Waals surface area contributed by atoms with Crippen LogP contribution in [0.1, 0.15) is 30.7 Å². The molecule has 0 saturated carbocycles. The molecule has 5 rings (SSSR count). The SMILES string of the molecule is Cc1cc(NC(=O)N2c3nc(N4CCCC(C(F)(F)F)C4)ccc3N3CC[C@H]2C3)cc(C)n1. The van der Waals surface area contributed by atoms with E-state index >= 15 is 0 Å². The van der Waals surface area contributed by atoms with Gasteiger partial charge in [-0.05, 0) is 57.4 Å². The van der Waals surface area contributed by atoms with Gasteiger partial charge >= 0.3 is 12.2 Å². The number of amides is 2. The first-order valence-corrected chi connectivity index (χ1v) is 11.3. The molecule has 33 heavy (non-hydrogen) atoms. The molecule has 10 heteroatoms. The Hall–Kier alpha value is -3.04. The number of pyridine rings is 2. The zero-order valence-corrected chi connectivity index (χ0v) is 18.7. The van der Waals surface area contributed by atoms with Gasteiger partial charge in [0, 0.05) is 43.3 Å². The second kappa shape index (κ2) is 8.07. The van der Waals surface area contributed by atoms with Crippen molar-refractivity contribution in [1.82, 2.24) is 9.97 Å². The number of urea groups is 1. The van der Waals surface area contributed by atoms with Crippen LogP contribution in [0.3, 0.4) is 0 Å². The third kappa shape index (κ3) is 4.18. The van der Waals surface area contributed by atoms with E-state index in [1.807, 2.05) is 32.0 Å². The van der Waals surface area contributed by atoms with E-state index in [0.717, 1.165) is 36.6 Å². The quantitative estimate of drug-likeness (QED) is 0.715. The second-order valence-electron chi connectivity index (χ2n) is 9.17. The van der Waals surface area contributed by atoms with Crippen LogP contribution in [0, 0.1) is 19.8 Å². The van der Waals surface area contributed by atoms with E-state index in [0.29, 0.717) is 30.3 Å². The van der Waals surface area contributed by atoms with E-state index in [9.17, 15) is 18.0 Å². The molecule has 176 valence electrons. The van der Waals surface area contributed by atoms with E-state index in [-0.39, 0.29) is 25.0 Å². The molecule has 2 saturated heterocycles. The summed E-state index contributed by atoms with van der Waals surface area (Å²) in [4.78, 5) is 28.0. The third-order valence-corrected chi connectivity index (χ3v) is 6.70. The highest BCUT2D eigenvalue weighted by molar-refractivity contribution is 6.04. The molecule has 1 N–H and O–H groups in total. The third-order valence-electron chi connectivity index (χ3n) is 6.70. The minimum atomic E-state index is -4.22. The van der Waals surface area contributed by atoms with Crippen LogP contribution in [0.4, 0.5) is 41.0 Å². The first-order chi connectivity index (χ1) is 15.7. The number of alkyl halides is 3. The van der Waals surface area contributed by atoms with Crippen molar-refractivity contribution in [3.63, 3.8) is 0 Å². The molecule has 2 amide bonds. The first-order valence-electron chi connectivity index (χ1n) is 11.3. The maximum Gasteiger partial charge on any atom is 0.393 e. The molecule has 3 aliphatic rings. The highest BCUT2D eigenvalue weighted by Gasteiger charge is 2.43. The summed E-state index contributed by atoms with van der Waals surface area (Å²) in [6.45, 7) is 5.69.